The monoisotopic (exact) mass is 288 g/mol. The van der Waals surface area contributed by atoms with E-state index < -0.39 is 0 Å². The van der Waals surface area contributed by atoms with Crippen LogP contribution in [0.2, 0.25) is 0 Å². The first-order chi connectivity index (χ1) is 10.1. The fourth-order valence-corrected chi connectivity index (χ4v) is 3.02. The van der Waals surface area contributed by atoms with Gasteiger partial charge in [0.25, 0.3) is 0 Å². The molecule has 0 bridgehead atoms. The highest BCUT2D eigenvalue weighted by atomic mass is 16.2. The van der Waals surface area contributed by atoms with Crippen LogP contribution in [0.15, 0.2) is 24.3 Å². The highest BCUT2D eigenvalue weighted by molar-refractivity contribution is 5.96. The quantitative estimate of drug-likeness (QED) is 0.783. The van der Waals surface area contributed by atoms with Crippen LogP contribution in [-0.4, -0.2) is 31.1 Å². The zero-order chi connectivity index (χ0) is 14.8. The molecule has 1 heterocycles. The number of carbonyl (C=O) groups is 2. The van der Waals surface area contributed by atoms with Crippen LogP contribution in [0.1, 0.15) is 19.3 Å². The van der Waals surface area contributed by atoms with E-state index in [1.165, 1.54) is 0 Å². The van der Waals surface area contributed by atoms with Gasteiger partial charge in [0.2, 0.25) is 5.91 Å². The van der Waals surface area contributed by atoms with E-state index in [0.29, 0.717) is 18.8 Å². The van der Waals surface area contributed by atoms with E-state index in [0.717, 1.165) is 24.9 Å². The van der Waals surface area contributed by atoms with Crippen molar-refractivity contribution in [3.05, 3.63) is 24.3 Å². The smallest absolute Gasteiger partial charge is 0.321 e. The van der Waals surface area contributed by atoms with Crippen LogP contribution in [0.3, 0.4) is 0 Å². The SMILES string of the molecule is NC1CCCC1C(=O)Nc1cccc(N2CCNC2=O)c1. The number of rotatable bonds is 3. The Balaban J connectivity index is 1.71. The van der Waals surface area contributed by atoms with Gasteiger partial charge in [-0.15, -0.1) is 0 Å². The molecule has 1 aromatic carbocycles. The number of urea groups is 1. The second-order valence-corrected chi connectivity index (χ2v) is 5.62. The first-order valence-electron chi connectivity index (χ1n) is 7.37. The largest absolute Gasteiger partial charge is 0.336 e. The average Bonchev–Trinajstić information content (AvgIpc) is 3.07. The molecule has 6 nitrogen and oxygen atoms in total. The third-order valence-electron chi connectivity index (χ3n) is 4.19. The lowest BCUT2D eigenvalue weighted by atomic mass is 10.0. The molecule has 6 heteroatoms. The van der Waals surface area contributed by atoms with Gasteiger partial charge in [0, 0.05) is 30.5 Å². The molecule has 0 radical (unpaired) electrons. The zero-order valence-corrected chi connectivity index (χ0v) is 11.8. The number of carbonyl (C=O) groups excluding carboxylic acids is 2. The lowest BCUT2D eigenvalue weighted by molar-refractivity contribution is -0.120. The molecule has 2 fully saturated rings. The topological polar surface area (TPSA) is 87.5 Å². The van der Waals surface area contributed by atoms with Crippen LogP contribution in [0.5, 0.6) is 0 Å². The minimum atomic E-state index is -0.108. The molecule has 1 saturated heterocycles. The van der Waals surface area contributed by atoms with Gasteiger partial charge in [-0.25, -0.2) is 4.79 Å². The van der Waals surface area contributed by atoms with Crippen molar-refractivity contribution >= 4 is 23.3 Å². The second-order valence-electron chi connectivity index (χ2n) is 5.62. The molecular formula is C15H20N4O2. The van der Waals surface area contributed by atoms with Crippen molar-refractivity contribution in [3.63, 3.8) is 0 Å². The van der Waals surface area contributed by atoms with Gasteiger partial charge in [0.05, 0.1) is 5.92 Å². The van der Waals surface area contributed by atoms with Crippen molar-refractivity contribution in [2.75, 3.05) is 23.3 Å². The molecule has 3 amide bonds. The molecule has 1 saturated carbocycles. The summed E-state index contributed by atoms with van der Waals surface area (Å²) in [5.41, 5.74) is 7.45. The van der Waals surface area contributed by atoms with Crippen molar-refractivity contribution in [2.24, 2.45) is 11.7 Å². The number of amides is 3. The number of benzene rings is 1. The van der Waals surface area contributed by atoms with Gasteiger partial charge in [0.15, 0.2) is 0 Å². The van der Waals surface area contributed by atoms with Gasteiger partial charge >= 0.3 is 6.03 Å². The first-order valence-corrected chi connectivity index (χ1v) is 7.37. The van der Waals surface area contributed by atoms with E-state index in [4.69, 9.17) is 5.73 Å². The van der Waals surface area contributed by atoms with Crippen molar-refractivity contribution < 1.29 is 9.59 Å². The maximum Gasteiger partial charge on any atom is 0.321 e. The summed E-state index contributed by atoms with van der Waals surface area (Å²) in [5, 5.41) is 5.68. The molecule has 2 atom stereocenters. The summed E-state index contributed by atoms with van der Waals surface area (Å²) in [6, 6.07) is 7.21. The molecule has 2 aliphatic rings. The Morgan fingerprint density at radius 2 is 2.24 bits per heavy atom. The van der Waals surface area contributed by atoms with E-state index in [1.807, 2.05) is 24.3 Å². The van der Waals surface area contributed by atoms with E-state index in [-0.39, 0.29) is 23.9 Å². The minimum Gasteiger partial charge on any atom is -0.336 e. The summed E-state index contributed by atoms with van der Waals surface area (Å²) < 4.78 is 0. The molecule has 2 unspecified atom stereocenters. The molecule has 112 valence electrons. The second kappa shape index (κ2) is 5.73. The van der Waals surface area contributed by atoms with Gasteiger partial charge in [-0.1, -0.05) is 12.5 Å². The van der Waals surface area contributed by atoms with Crippen LogP contribution in [0.25, 0.3) is 0 Å². The molecule has 4 N–H and O–H groups in total. The lowest BCUT2D eigenvalue weighted by Crippen LogP contribution is -2.34. The van der Waals surface area contributed by atoms with E-state index in [1.54, 1.807) is 4.90 Å². The molecule has 21 heavy (non-hydrogen) atoms. The Kier molecular flexibility index (Phi) is 3.79. The van der Waals surface area contributed by atoms with Crippen molar-refractivity contribution in [1.82, 2.24) is 5.32 Å². The Labute approximate surface area is 123 Å². The zero-order valence-electron chi connectivity index (χ0n) is 11.8. The number of anilines is 2. The molecule has 1 aromatic rings. The summed E-state index contributed by atoms with van der Waals surface area (Å²) in [7, 11) is 0. The normalized spacial score (nSPS) is 25.0. The van der Waals surface area contributed by atoms with Crippen LogP contribution < -0.4 is 21.3 Å². The van der Waals surface area contributed by atoms with Gasteiger partial charge in [-0.2, -0.15) is 0 Å². The fourth-order valence-electron chi connectivity index (χ4n) is 3.02. The molecule has 1 aliphatic carbocycles. The summed E-state index contributed by atoms with van der Waals surface area (Å²) in [6.07, 6.45) is 2.76. The van der Waals surface area contributed by atoms with Crippen LogP contribution in [0.4, 0.5) is 16.2 Å². The molecule has 3 rings (SSSR count). The maximum absolute atomic E-state index is 12.2. The predicted octanol–water partition coefficient (Wildman–Crippen LogP) is 1.28. The van der Waals surface area contributed by atoms with E-state index >= 15 is 0 Å². The van der Waals surface area contributed by atoms with Crippen molar-refractivity contribution in [2.45, 2.75) is 25.3 Å². The van der Waals surface area contributed by atoms with E-state index in [2.05, 4.69) is 10.6 Å². The molecule has 0 aromatic heterocycles. The number of nitrogens with zero attached hydrogens (tertiary/aromatic N) is 1. The number of nitrogens with one attached hydrogen (secondary N) is 2. The standard InChI is InChI=1S/C15H20N4O2/c16-13-6-2-5-12(13)14(20)18-10-3-1-4-11(9-10)19-8-7-17-15(19)21/h1,3-4,9,12-13H,2,5-8,16H2,(H,17,21)(H,18,20). The summed E-state index contributed by atoms with van der Waals surface area (Å²) >= 11 is 0. The molecule has 1 aliphatic heterocycles. The Morgan fingerprint density at radius 1 is 1.38 bits per heavy atom. The summed E-state index contributed by atoms with van der Waals surface area (Å²) in [6.45, 7) is 1.29. The Bertz CT molecular complexity index is 560. The molecule has 0 spiro atoms. The minimum absolute atomic E-state index is 0.0250. The third-order valence-corrected chi connectivity index (χ3v) is 4.19. The summed E-state index contributed by atoms with van der Waals surface area (Å²) in [5.74, 6) is -0.133. The van der Waals surface area contributed by atoms with Crippen LogP contribution >= 0.6 is 0 Å². The Hall–Kier alpha value is -2.08. The predicted molar refractivity (Wildman–Crippen MR) is 81.1 cm³/mol. The first kappa shape index (κ1) is 13.9. The fraction of sp³-hybridized carbons (Fsp3) is 0.467. The highest BCUT2D eigenvalue weighted by Gasteiger charge is 2.30. The number of hydrogen-bond acceptors (Lipinski definition) is 3. The number of nitrogens with two attached hydrogens (primary N) is 1. The molecular weight excluding hydrogens is 268 g/mol. The van der Waals surface area contributed by atoms with Crippen molar-refractivity contribution in [1.29, 1.82) is 0 Å². The van der Waals surface area contributed by atoms with Gasteiger partial charge in [-0.05, 0) is 31.0 Å². The lowest BCUT2D eigenvalue weighted by Gasteiger charge is -2.18. The van der Waals surface area contributed by atoms with Crippen LogP contribution in [-0.2, 0) is 4.79 Å². The third kappa shape index (κ3) is 2.85. The highest BCUT2D eigenvalue weighted by Crippen LogP contribution is 2.26. The van der Waals surface area contributed by atoms with Gasteiger partial charge in [-0.3, -0.25) is 9.69 Å². The maximum atomic E-state index is 12.2. The Morgan fingerprint density at radius 3 is 2.90 bits per heavy atom. The average molecular weight is 288 g/mol. The van der Waals surface area contributed by atoms with E-state index in [9.17, 15) is 9.59 Å². The van der Waals surface area contributed by atoms with Crippen molar-refractivity contribution in [3.8, 4) is 0 Å². The van der Waals surface area contributed by atoms with Crippen LogP contribution in [0, 0.1) is 5.92 Å². The van der Waals surface area contributed by atoms with Gasteiger partial charge < -0.3 is 16.4 Å². The van der Waals surface area contributed by atoms with Gasteiger partial charge in [0.1, 0.15) is 0 Å². The number of hydrogen-bond donors (Lipinski definition) is 3. The summed E-state index contributed by atoms with van der Waals surface area (Å²) in [4.78, 5) is 25.6.